The number of anilines is 1. The number of urea groups is 1. The summed E-state index contributed by atoms with van der Waals surface area (Å²) in [5, 5.41) is 9.74. The third kappa shape index (κ3) is 3.20. The van der Waals surface area contributed by atoms with Crippen molar-refractivity contribution in [3.05, 3.63) is 24.3 Å². The van der Waals surface area contributed by atoms with E-state index in [1.54, 1.807) is 19.2 Å². The highest BCUT2D eigenvalue weighted by molar-refractivity contribution is 6.23. The van der Waals surface area contributed by atoms with Crippen LogP contribution in [-0.4, -0.2) is 95.7 Å². The van der Waals surface area contributed by atoms with Crippen molar-refractivity contribution in [2.45, 2.75) is 13.0 Å². The molecule has 0 radical (unpaired) electrons. The van der Waals surface area contributed by atoms with Gasteiger partial charge in [0, 0.05) is 26.3 Å². The smallest absolute Gasteiger partial charge is 0.416 e. The summed E-state index contributed by atoms with van der Waals surface area (Å²) in [7, 11) is 4.77. The minimum Gasteiger partial charge on any atom is -0.497 e. The molecule has 1 aromatic rings. The predicted octanol–water partition coefficient (Wildman–Crippen LogP) is 0.472. The quantitative estimate of drug-likeness (QED) is 0.728. The number of ether oxygens (including phenoxy) is 1. The average molecular weight is 398 g/mol. The van der Waals surface area contributed by atoms with E-state index in [9.17, 15) is 9.59 Å². The molecule has 0 bridgehead atoms. The standard InChI is InChI=1S/C19H24N7O3/c1-12-11-25-15-16(23(2)19(28)24(3)17(15)27)21-18(25)26(22-12)10-9-20-13-5-7-14(29-4)8-6-13/h5-8,15,20H,9-11H2,1-4H3/q+1. The predicted molar refractivity (Wildman–Crippen MR) is 109 cm³/mol. The van der Waals surface area contributed by atoms with E-state index in [4.69, 9.17) is 4.74 Å². The molecular weight excluding hydrogens is 374 g/mol. The number of hydrazone groups is 1. The van der Waals surface area contributed by atoms with Crippen molar-refractivity contribution in [3.63, 3.8) is 0 Å². The van der Waals surface area contributed by atoms with E-state index in [0.29, 0.717) is 31.4 Å². The maximum Gasteiger partial charge on any atom is 0.416 e. The average Bonchev–Trinajstić information content (AvgIpc) is 3.10. The zero-order chi connectivity index (χ0) is 20.7. The van der Waals surface area contributed by atoms with E-state index in [1.165, 1.54) is 11.9 Å². The van der Waals surface area contributed by atoms with Crippen LogP contribution in [0.15, 0.2) is 34.4 Å². The van der Waals surface area contributed by atoms with Crippen molar-refractivity contribution in [1.82, 2.24) is 14.8 Å². The topological polar surface area (TPSA) is 92.8 Å². The van der Waals surface area contributed by atoms with Crippen molar-refractivity contribution in [1.29, 1.82) is 0 Å². The van der Waals surface area contributed by atoms with E-state index < -0.39 is 6.04 Å². The fourth-order valence-electron chi connectivity index (χ4n) is 3.65. The third-order valence-corrected chi connectivity index (χ3v) is 5.17. The van der Waals surface area contributed by atoms with Crippen LogP contribution in [-0.2, 0) is 4.79 Å². The number of aliphatic imine (C=N–C) groups is 1. The zero-order valence-electron chi connectivity index (χ0n) is 16.9. The van der Waals surface area contributed by atoms with Crippen molar-refractivity contribution in [2.24, 2.45) is 10.1 Å². The van der Waals surface area contributed by atoms with Gasteiger partial charge < -0.3 is 10.1 Å². The molecule has 0 saturated carbocycles. The van der Waals surface area contributed by atoms with Gasteiger partial charge in [0.2, 0.25) is 11.9 Å². The molecule has 0 aliphatic carbocycles. The zero-order valence-corrected chi connectivity index (χ0v) is 16.9. The molecule has 1 N–H and O–H groups in total. The summed E-state index contributed by atoms with van der Waals surface area (Å²) < 4.78 is 7.08. The van der Waals surface area contributed by atoms with Crippen LogP contribution in [0.5, 0.6) is 5.75 Å². The largest absolute Gasteiger partial charge is 0.497 e. The second-order valence-electron chi connectivity index (χ2n) is 7.15. The van der Waals surface area contributed by atoms with Crippen LogP contribution in [0.2, 0.25) is 0 Å². The van der Waals surface area contributed by atoms with Crippen molar-refractivity contribution in [3.8, 4) is 5.75 Å². The third-order valence-electron chi connectivity index (χ3n) is 5.17. The van der Waals surface area contributed by atoms with Crippen molar-refractivity contribution in [2.75, 3.05) is 46.2 Å². The lowest BCUT2D eigenvalue weighted by Gasteiger charge is -2.32. The molecule has 0 aromatic heterocycles. The Bertz CT molecular complexity index is 951. The number of amidine groups is 1. The number of hydrogen-bond donors (Lipinski definition) is 1. The second-order valence-corrected chi connectivity index (χ2v) is 7.15. The number of guanidine groups is 1. The van der Waals surface area contributed by atoms with Crippen LogP contribution in [0.25, 0.3) is 0 Å². The normalized spacial score (nSPS) is 21.1. The van der Waals surface area contributed by atoms with Crippen LogP contribution in [0, 0.1) is 0 Å². The lowest BCUT2D eigenvalue weighted by molar-refractivity contribution is -0.527. The van der Waals surface area contributed by atoms with Crippen LogP contribution in [0.1, 0.15) is 6.92 Å². The number of hydrogen-bond acceptors (Lipinski definition) is 7. The summed E-state index contributed by atoms with van der Waals surface area (Å²) in [6.07, 6.45) is 0. The Balaban J connectivity index is 1.51. The molecule has 1 saturated heterocycles. The monoisotopic (exact) mass is 398 g/mol. The van der Waals surface area contributed by atoms with Gasteiger partial charge in [-0.15, -0.1) is 10.1 Å². The van der Waals surface area contributed by atoms with Crippen LogP contribution >= 0.6 is 0 Å². The second kappa shape index (κ2) is 7.19. The summed E-state index contributed by atoms with van der Waals surface area (Å²) in [6, 6.07) is 6.70. The molecule has 1 unspecified atom stereocenters. The summed E-state index contributed by atoms with van der Waals surface area (Å²) in [5.41, 5.74) is 1.85. The number of rotatable bonds is 5. The molecule has 3 aliphatic rings. The van der Waals surface area contributed by atoms with E-state index in [0.717, 1.165) is 22.0 Å². The molecule has 1 fully saturated rings. The van der Waals surface area contributed by atoms with Gasteiger partial charge in [-0.25, -0.2) is 9.37 Å². The molecule has 1 aromatic carbocycles. The van der Waals surface area contributed by atoms with Crippen LogP contribution in [0.3, 0.4) is 0 Å². The van der Waals surface area contributed by atoms with Crippen LogP contribution in [0.4, 0.5) is 10.5 Å². The van der Waals surface area contributed by atoms with Crippen LogP contribution < -0.4 is 10.1 Å². The highest BCUT2D eigenvalue weighted by Crippen LogP contribution is 2.22. The fourth-order valence-corrected chi connectivity index (χ4v) is 3.65. The highest BCUT2D eigenvalue weighted by atomic mass is 16.5. The first-order valence-electron chi connectivity index (χ1n) is 9.37. The van der Waals surface area contributed by atoms with Gasteiger partial charge in [-0.3, -0.25) is 14.6 Å². The van der Waals surface area contributed by atoms with Gasteiger partial charge in [0.25, 0.3) is 5.91 Å². The molecule has 3 aliphatic heterocycles. The number of amides is 3. The number of likely N-dealkylation sites (N-methyl/N-ethyl adjacent to an activating group) is 2. The molecule has 29 heavy (non-hydrogen) atoms. The number of nitrogens with one attached hydrogen (secondary N) is 1. The lowest BCUT2D eigenvalue weighted by atomic mass is 10.1. The van der Waals surface area contributed by atoms with Gasteiger partial charge in [-0.2, -0.15) is 0 Å². The minimum absolute atomic E-state index is 0.271. The van der Waals surface area contributed by atoms with Gasteiger partial charge in [0.1, 0.15) is 18.8 Å². The summed E-state index contributed by atoms with van der Waals surface area (Å²) in [5.74, 6) is 1.57. The Kier molecular flexibility index (Phi) is 4.69. The minimum atomic E-state index is -0.597. The first kappa shape index (κ1) is 18.9. The first-order valence-corrected chi connectivity index (χ1v) is 9.37. The van der Waals surface area contributed by atoms with Gasteiger partial charge >= 0.3 is 12.0 Å². The summed E-state index contributed by atoms with van der Waals surface area (Å²) in [6.45, 7) is 3.60. The fraction of sp³-hybridized carbons (Fsp3) is 0.421. The summed E-state index contributed by atoms with van der Waals surface area (Å²) in [4.78, 5) is 32.2. The lowest BCUT2D eigenvalue weighted by Crippen LogP contribution is -2.62. The highest BCUT2D eigenvalue weighted by Gasteiger charge is 2.53. The van der Waals surface area contributed by atoms with Gasteiger partial charge in [0.05, 0.1) is 12.8 Å². The Labute approximate surface area is 168 Å². The van der Waals surface area contributed by atoms with Crippen molar-refractivity contribution >= 4 is 35.1 Å². The Morgan fingerprint density at radius 1 is 1.21 bits per heavy atom. The number of carbonyl (C=O) groups is 2. The molecule has 152 valence electrons. The first-order chi connectivity index (χ1) is 13.9. The Morgan fingerprint density at radius 3 is 2.62 bits per heavy atom. The maximum atomic E-state index is 12.7. The number of imide groups is 1. The number of benzene rings is 1. The number of fused-ring (bicyclic) bond motifs is 2. The molecule has 4 rings (SSSR count). The van der Waals surface area contributed by atoms with Gasteiger partial charge in [-0.1, -0.05) is 4.99 Å². The number of carbonyl (C=O) groups excluding carboxylic acids is 2. The molecule has 10 heteroatoms. The molecule has 3 heterocycles. The molecule has 0 spiro atoms. The summed E-state index contributed by atoms with van der Waals surface area (Å²) >= 11 is 0. The number of nitrogens with zero attached hydrogens (tertiary/aromatic N) is 6. The van der Waals surface area contributed by atoms with E-state index in [2.05, 4.69) is 15.4 Å². The van der Waals surface area contributed by atoms with E-state index >= 15 is 0 Å². The number of methoxy groups -OCH3 is 1. The molecular formula is C19H24N7O3+. The molecule has 1 atom stereocenters. The van der Waals surface area contributed by atoms with Gasteiger partial charge in [-0.05, 0) is 31.2 Å². The Morgan fingerprint density at radius 2 is 1.93 bits per heavy atom. The van der Waals surface area contributed by atoms with Crippen molar-refractivity contribution < 1.29 is 18.9 Å². The SMILES string of the molecule is COc1ccc(NCCN2N=C(C)C[N+]3=C2N=C2C3C(=O)N(C)C(=O)N2C)cc1. The van der Waals surface area contributed by atoms with E-state index in [-0.39, 0.29) is 11.9 Å². The van der Waals surface area contributed by atoms with E-state index in [1.807, 2.05) is 35.8 Å². The van der Waals surface area contributed by atoms with Gasteiger partial charge in [0.15, 0.2) is 0 Å². The molecule has 3 amide bonds. The maximum absolute atomic E-state index is 12.7. The Hall–Kier alpha value is -3.43. The molecule has 10 nitrogen and oxygen atoms in total.